The van der Waals surface area contributed by atoms with Gasteiger partial charge in [0.25, 0.3) is 0 Å². The Morgan fingerprint density at radius 2 is 2.00 bits per heavy atom. The van der Waals surface area contributed by atoms with E-state index in [1.807, 2.05) is 0 Å². The molecule has 1 aliphatic rings. The van der Waals surface area contributed by atoms with Gasteiger partial charge in [-0.1, -0.05) is 4.90 Å². The average Bonchev–Trinajstić information content (AvgIpc) is 1.98. The first-order valence-corrected chi connectivity index (χ1v) is 2.19. The highest BCUT2D eigenvalue weighted by Crippen LogP contribution is 1.89. The molecule has 0 saturated carbocycles. The van der Waals surface area contributed by atoms with Gasteiger partial charge in [-0.15, -0.1) is 0 Å². The molecule has 1 aliphatic heterocycles. The van der Waals surface area contributed by atoms with Gasteiger partial charge in [-0.05, 0) is 0 Å². The van der Waals surface area contributed by atoms with Crippen molar-refractivity contribution < 1.29 is 4.58 Å². The van der Waals surface area contributed by atoms with Gasteiger partial charge < -0.3 is 0 Å². The van der Waals surface area contributed by atoms with Gasteiger partial charge in [-0.3, -0.25) is 0 Å². The third-order valence-electron chi connectivity index (χ3n) is 0.829. The Bertz CT molecular complexity index is 160. The van der Waals surface area contributed by atoms with Crippen molar-refractivity contribution in [2.24, 2.45) is 0 Å². The maximum absolute atomic E-state index is 2.19. The summed E-state index contributed by atoms with van der Waals surface area (Å²) in [6.07, 6.45) is 4.20. The molecule has 1 radical (unpaired) electrons. The fraction of sp³-hybridized carbons (Fsp3) is 0.400. The van der Waals surface area contributed by atoms with Crippen molar-refractivity contribution in [3.63, 3.8) is 0 Å². The second kappa shape index (κ2) is 1.75. The molecular formula is C5H11BN2+. The van der Waals surface area contributed by atoms with Crippen LogP contribution in [0.25, 0.3) is 0 Å². The Balaban J connectivity index is 2.85. The van der Waals surface area contributed by atoms with E-state index in [9.17, 15) is 0 Å². The highest BCUT2D eigenvalue weighted by Gasteiger charge is 2.18. The van der Waals surface area contributed by atoms with Crippen LogP contribution in [-0.4, -0.2) is 32.3 Å². The third kappa shape index (κ3) is 0.691. The number of hydrogen-bond donors (Lipinski definition) is 0. The summed E-state index contributed by atoms with van der Waals surface area (Å²) < 4.78 is 2.19. The minimum Gasteiger partial charge on any atom is -0.189 e. The summed E-state index contributed by atoms with van der Waals surface area (Å²) in [4.78, 5) is 2.19. The molecule has 0 atom stereocenters. The number of hydrogen-bond acceptors (Lipinski definition) is 1. The fourth-order valence-electron chi connectivity index (χ4n) is 0.515. The molecule has 0 aromatic heterocycles. The Hall–Kier alpha value is -0.565. The molecule has 0 aromatic rings. The molecule has 0 N–H and O–H groups in total. The van der Waals surface area contributed by atoms with Crippen LogP contribution >= 0.6 is 0 Å². The molecule has 0 unspecified atom stereocenters. The van der Waals surface area contributed by atoms with E-state index in [0.29, 0.717) is 7.85 Å². The molecule has 1 rings (SSSR count). The first-order chi connectivity index (χ1) is 3.72. The van der Waals surface area contributed by atoms with Crippen LogP contribution in [0.4, 0.5) is 0 Å². The molecule has 0 aromatic carbocycles. The first kappa shape index (κ1) is 5.57. The quantitative estimate of drug-likeness (QED) is 0.268. The zero-order valence-electron chi connectivity index (χ0n) is 4.55. The molecule has 3 heteroatoms. The summed E-state index contributed by atoms with van der Waals surface area (Å²) in [7, 11) is 4.56. The lowest BCUT2D eigenvalue weighted by Gasteiger charge is -1.91. The average molecular weight is 110 g/mol. The lowest BCUT2D eigenvalue weighted by Crippen LogP contribution is -2.28. The first-order valence-electron chi connectivity index (χ1n) is 2.19. The smallest absolute Gasteiger partial charge is 0.189 e. The SMILES string of the molecule is [BH3-]C1=[N+](C)C=C[N+]1C. The molecule has 0 fully saturated rings. The molecular weight excluding hydrogens is 98.9 g/mol. The molecule has 8 heavy (non-hydrogen) atoms. The second-order valence-corrected chi connectivity index (χ2v) is 1.62. The minimum atomic E-state index is 0.361. The summed E-state index contributed by atoms with van der Waals surface area (Å²) in [5.41, 5.74) is 1.52. The summed E-state index contributed by atoms with van der Waals surface area (Å²) in [6, 6.07) is 0. The topological polar surface area (TPSA) is 8.91 Å². The Morgan fingerprint density at radius 1 is 1.38 bits per heavy atom. The molecule has 0 spiro atoms. The molecule has 0 bridgehead atoms. The van der Waals surface area contributed by atoms with Crippen molar-refractivity contribution in [2.45, 2.75) is 0 Å². The maximum Gasteiger partial charge on any atom is 0.229 e. The number of amidine groups is 1. The van der Waals surface area contributed by atoms with Crippen molar-refractivity contribution in [1.29, 1.82) is 0 Å². The third-order valence-corrected chi connectivity index (χ3v) is 0.829. The van der Waals surface area contributed by atoms with Gasteiger partial charge in [0.15, 0.2) is 5.73 Å². The predicted octanol–water partition coefficient (Wildman–Crippen LogP) is -1.40. The van der Waals surface area contributed by atoms with Gasteiger partial charge in [0.1, 0.15) is 21.9 Å². The van der Waals surface area contributed by atoms with Crippen molar-refractivity contribution in [2.75, 3.05) is 14.1 Å². The van der Waals surface area contributed by atoms with Crippen molar-refractivity contribution in [3.05, 3.63) is 12.4 Å². The zero-order chi connectivity index (χ0) is 6.15. The van der Waals surface area contributed by atoms with Crippen molar-refractivity contribution in [3.8, 4) is 0 Å². The van der Waals surface area contributed by atoms with Gasteiger partial charge in [0.2, 0.25) is 12.4 Å². The van der Waals surface area contributed by atoms with E-state index < -0.39 is 0 Å². The highest BCUT2D eigenvalue weighted by molar-refractivity contribution is 6.58. The standard InChI is InChI=1S/C5H11BN2/c1-7-3-4-8(2)5(7)6/h3-4H,1-2,6H3/q+1. The highest BCUT2D eigenvalue weighted by atomic mass is 15.2. The van der Waals surface area contributed by atoms with Crippen LogP contribution in [0.15, 0.2) is 12.4 Å². The van der Waals surface area contributed by atoms with Gasteiger partial charge in [0, 0.05) is 0 Å². The van der Waals surface area contributed by atoms with Crippen LogP contribution in [0.1, 0.15) is 0 Å². The van der Waals surface area contributed by atoms with Gasteiger partial charge >= 0.3 is 0 Å². The van der Waals surface area contributed by atoms with E-state index in [0.717, 1.165) is 0 Å². The summed E-state index contributed by atoms with van der Waals surface area (Å²) in [5.74, 6) is 0. The lowest BCUT2D eigenvalue weighted by atomic mass is 10.1. The lowest BCUT2D eigenvalue weighted by molar-refractivity contribution is -0.417. The van der Waals surface area contributed by atoms with E-state index >= 15 is 0 Å². The maximum atomic E-state index is 2.19. The molecule has 0 aliphatic carbocycles. The van der Waals surface area contributed by atoms with Gasteiger partial charge in [-0.2, -0.15) is 4.58 Å². The summed E-state index contributed by atoms with van der Waals surface area (Å²) in [6.45, 7) is 0. The number of rotatable bonds is 0. The van der Waals surface area contributed by atoms with E-state index in [1.54, 1.807) is 0 Å². The van der Waals surface area contributed by atoms with Crippen LogP contribution in [0, 0.1) is 0 Å². The molecule has 2 nitrogen and oxygen atoms in total. The van der Waals surface area contributed by atoms with Crippen LogP contribution in [0.5, 0.6) is 0 Å². The monoisotopic (exact) mass is 110 g/mol. The van der Waals surface area contributed by atoms with Crippen LogP contribution in [-0.2, 0) is 0 Å². The van der Waals surface area contributed by atoms with Crippen LogP contribution < -0.4 is 4.90 Å². The normalized spacial score (nSPS) is 20.9. The second-order valence-electron chi connectivity index (χ2n) is 1.62. The van der Waals surface area contributed by atoms with Crippen molar-refractivity contribution in [1.82, 2.24) is 4.90 Å². The summed E-state index contributed by atoms with van der Waals surface area (Å²) >= 11 is 0. The van der Waals surface area contributed by atoms with Crippen LogP contribution in [0.2, 0.25) is 0 Å². The number of nitrogens with zero attached hydrogens (tertiary/aromatic N) is 2. The van der Waals surface area contributed by atoms with E-state index in [1.165, 1.54) is 5.73 Å². The van der Waals surface area contributed by atoms with E-state index in [4.69, 9.17) is 0 Å². The minimum absolute atomic E-state index is 0.361. The van der Waals surface area contributed by atoms with E-state index in [-0.39, 0.29) is 0 Å². The largest absolute Gasteiger partial charge is 0.229 e. The van der Waals surface area contributed by atoms with Crippen molar-refractivity contribution >= 4 is 13.6 Å². The predicted molar refractivity (Wildman–Crippen MR) is 38.3 cm³/mol. The van der Waals surface area contributed by atoms with Gasteiger partial charge in [-0.25, -0.2) is 0 Å². The molecule has 0 amide bonds. The Morgan fingerprint density at radius 3 is 2.12 bits per heavy atom. The molecule has 43 valence electrons. The Kier molecular flexibility index (Phi) is 1.22. The fourth-order valence-corrected chi connectivity index (χ4v) is 0.515. The Labute approximate surface area is 50.5 Å². The zero-order valence-corrected chi connectivity index (χ0v) is 4.55. The van der Waals surface area contributed by atoms with E-state index in [2.05, 4.69) is 36.0 Å². The molecule has 1 heterocycles. The molecule has 0 saturated heterocycles. The van der Waals surface area contributed by atoms with Gasteiger partial charge in [0.05, 0.1) is 0 Å². The summed E-state index contributed by atoms with van der Waals surface area (Å²) in [5, 5.41) is 0. The van der Waals surface area contributed by atoms with Crippen LogP contribution in [0.3, 0.4) is 0 Å².